The second-order valence-electron chi connectivity index (χ2n) is 7.83. The Hall–Kier alpha value is -3.34. The van der Waals surface area contributed by atoms with Gasteiger partial charge in [0.2, 0.25) is 0 Å². The smallest absolute Gasteiger partial charge is 0.341 e. The molecule has 1 amide bonds. The summed E-state index contributed by atoms with van der Waals surface area (Å²) in [4.78, 5) is 26.4. The maximum atomic E-state index is 13.6. The van der Waals surface area contributed by atoms with Crippen LogP contribution in [-0.4, -0.2) is 40.6 Å². The number of halogens is 1. The van der Waals surface area contributed by atoms with Crippen molar-refractivity contribution < 1.29 is 27.5 Å². The lowest BCUT2D eigenvalue weighted by molar-refractivity contribution is 0.0527. The summed E-state index contributed by atoms with van der Waals surface area (Å²) in [6, 6.07) is 10.4. The minimum Gasteiger partial charge on any atom is -0.497 e. The summed E-state index contributed by atoms with van der Waals surface area (Å²) in [5, 5.41) is 3.06. The summed E-state index contributed by atoms with van der Waals surface area (Å²) in [7, 11) is -2.59. The molecule has 196 valence electrons. The van der Waals surface area contributed by atoms with Gasteiger partial charge in [0.1, 0.15) is 10.8 Å². The molecule has 3 aromatic rings. The van der Waals surface area contributed by atoms with Gasteiger partial charge in [0.05, 0.1) is 47.0 Å². The van der Waals surface area contributed by atoms with Crippen LogP contribution in [0.4, 0.5) is 10.7 Å². The summed E-state index contributed by atoms with van der Waals surface area (Å²) in [5.74, 6) is -0.637. The lowest BCUT2D eigenvalue weighted by Gasteiger charge is -2.23. The first-order valence-electron chi connectivity index (χ1n) is 11.2. The van der Waals surface area contributed by atoms with E-state index < -0.39 is 21.9 Å². The predicted octanol–water partition coefficient (Wildman–Crippen LogP) is 5.84. The quantitative estimate of drug-likeness (QED) is 0.246. The van der Waals surface area contributed by atoms with E-state index in [1.54, 1.807) is 38.1 Å². The van der Waals surface area contributed by atoms with Gasteiger partial charge in [-0.3, -0.25) is 9.10 Å². The Bertz CT molecular complexity index is 1430. The first-order chi connectivity index (χ1) is 17.5. The first-order valence-corrected chi connectivity index (χ1v) is 13.8. The third-order valence-electron chi connectivity index (χ3n) is 5.52. The van der Waals surface area contributed by atoms with E-state index in [2.05, 4.69) is 11.9 Å². The SMILES string of the molecule is C=CCN(c1ccc(OC)cc1)S(=O)(=O)c1ccc(Cl)c(C(=O)Nc2sc(C)c(C)c2C(=O)OCC)c1. The molecule has 0 unspecified atom stereocenters. The molecule has 1 N–H and O–H groups in total. The van der Waals surface area contributed by atoms with Gasteiger partial charge in [-0.15, -0.1) is 17.9 Å². The van der Waals surface area contributed by atoms with Crippen LogP contribution in [0.1, 0.15) is 38.1 Å². The van der Waals surface area contributed by atoms with Gasteiger partial charge in [-0.25, -0.2) is 13.2 Å². The highest BCUT2D eigenvalue weighted by Gasteiger charge is 2.27. The van der Waals surface area contributed by atoms with E-state index in [1.165, 1.54) is 42.7 Å². The van der Waals surface area contributed by atoms with E-state index in [0.29, 0.717) is 22.0 Å². The van der Waals surface area contributed by atoms with Crippen molar-refractivity contribution in [3.05, 3.63) is 81.7 Å². The molecule has 0 atom stereocenters. The molecule has 1 heterocycles. The molecule has 1 aromatic heterocycles. The van der Waals surface area contributed by atoms with E-state index in [1.807, 2.05) is 6.92 Å². The van der Waals surface area contributed by atoms with Gasteiger partial charge in [0.15, 0.2) is 0 Å². The average Bonchev–Trinajstić information content (AvgIpc) is 3.15. The van der Waals surface area contributed by atoms with Crippen molar-refractivity contribution in [3.63, 3.8) is 0 Å². The Labute approximate surface area is 225 Å². The van der Waals surface area contributed by atoms with Gasteiger partial charge in [-0.1, -0.05) is 17.7 Å². The van der Waals surface area contributed by atoms with Crippen LogP contribution in [0, 0.1) is 13.8 Å². The van der Waals surface area contributed by atoms with Crippen molar-refractivity contribution in [1.82, 2.24) is 0 Å². The van der Waals surface area contributed by atoms with Crippen molar-refractivity contribution in [3.8, 4) is 5.75 Å². The molecule has 3 rings (SSSR count). The molecule has 0 bridgehead atoms. The molecular weight excluding hydrogens is 536 g/mol. The van der Waals surface area contributed by atoms with Gasteiger partial charge in [-0.2, -0.15) is 0 Å². The van der Waals surface area contributed by atoms with Crippen molar-refractivity contribution in [1.29, 1.82) is 0 Å². The molecule has 0 saturated carbocycles. The molecule has 0 aliphatic heterocycles. The number of hydrogen-bond donors (Lipinski definition) is 1. The van der Waals surface area contributed by atoms with Crippen molar-refractivity contribution >= 4 is 55.5 Å². The van der Waals surface area contributed by atoms with Crippen molar-refractivity contribution in [2.75, 3.05) is 29.9 Å². The lowest BCUT2D eigenvalue weighted by Crippen LogP contribution is -2.31. The minimum atomic E-state index is -4.10. The molecule has 0 aliphatic rings. The van der Waals surface area contributed by atoms with Crippen LogP contribution in [-0.2, 0) is 14.8 Å². The maximum absolute atomic E-state index is 13.6. The van der Waals surface area contributed by atoms with Crippen LogP contribution in [0.2, 0.25) is 5.02 Å². The van der Waals surface area contributed by atoms with Crippen molar-refractivity contribution in [2.24, 2.45) is 0 Å². The Morgan fingerprint density at radius 2 is 1.84 bits per heavy atom. The highest BCUT2D eigenvalue weighted by molar-refractivity contribution is 7.92. The number of esters is 1. The number of methoxy groups -OCH3 is 1. The Kier molecular flexibility index (Phi) is 9.01. The molecule has 37 heavy (non-hydrogen) atoms. The number of aryl methyl sites for hydroxylation is 1. The number of carbonyl (C=O) groups is 2. The van der Waals surface area contributed by atoms with Gasteiger partial charge in [0.25, 0.3) is 15.9 Å². The molecule has 0 fully saturated rings. The molecule has 0 radical (unpaired) electrons. The monoisotopic (exact) mass is 562 g/mol. The van der Waals surface area contributed by atoms with Crippen LogP contribution in [0.3, 0.4) is 0 Å². The minimum absolute atomic E-state index is 0.00450. The number of anilines is 2. The predicted molar refractivity (Wildman–Crippen MR) is 147 cm³/mol. The van der Waals surface area contributed by atoms with E-state index in [9.17, 15) is 18.0 Å². The topological polar surface area (TPSA) is 102 Å². The van der Waals surface area contributed by atoms with Crippen LogP contribution >= 0.6 is 22.9 Å². The fourth-order valence-corrected chi connectivity index (χ4v) is 6.22. The fraction of sp³-hybridized carbons (Fsp3) is 0.231. The third kappa shape index (κ3) is 5.98. The largest absolute Gasteiger partial charge is 0.497 e. The molecule has 0 spiro atoms. The Morgan fingerprint density at radius 1 is 1.16 bits per heavy atom. The summed E-state index contributed by atoms with van der Waals surface area (Å²) in [6.45, 7) is 9.13. The fourth-order valence-electron chi connectivity index (χ4n) is 3.51. The van der Waals surface area contributed by atoms with E-state index >= 15 is 0 Å². The zero-order chi connectivity index (χ0) is 27.3. The average molecular weight is 563 g/mol. The Balaban J connectivity index is 1.99. The van der Waals surface area contributed by atoms with E-state index in [0.717, 1.165) is 9.18 Å². The number of rotatable bonds is 10. The standard InChI is InChI=1S/C26H27ClN2O6S2/c1-6-14-29(18-8-10-19(34-5)11-9-18)37(32,33)20-12-13-22(27)21(15-20)24(30)28-25-23(26(31)35-7-2)16(3)17(4)36-25/h6,8-13,15H,1,7,14H2,2-5H3,(H,28,30). The molecule has 8 nitrogen and oxygen atoms in total. The highest BCUT2D eigenvalue weighted by Crippen LogP contribution is 2.34. The summed E-state index contributed by atoms with van der Waals surface area (Å²) >= 11 is 7.52. The number of hydrogen-bond acceptors (Lipinski definition) is 7. The summed E-state index contributed by atoms with van der Waals surface area (Å²) in [5.41, 5.74) is 1.29. The highest BCUT2D eigenvalue weighted by atomic mass is 35.5. The van der Waals surface area contributed by atoms with Crippen LogP contribution in [0.5, 0.6) is 5.75 Å². The molecule has 0 saturated heterocycles. The van der Waals surface area contributed by atoms with Crippen LogP contribution in [0.25, 0.3) is 0 Å². The number of thiophene rings is 1. The summed E-state index contributed by atoms with van der Waals surface area (Å²) < 4.78 is 38.6. The number of nitrogens with zero attached hydrogens (tertiary/aromatic N) is 1. The number of benzene rings is 2. The Morgan fingerprint density at radius 3 is 2.43 bits per heavy atom. The van der Waals surface area contributed by atoms with Crippen molar-refractivity contribution in [2.45, 2.75) is 25.7 Å². The summed E-state index contributed by atoms with van der Waals surface area (Å²) in [6.07, 6.45) is 1.46. The number of sulfonamides is 1. The zero-order valence-corrected chi connectivity index (χ0v) is 23.2. The number of nitrogens with one attached hydrogen (secondary N) is 1. The second-order valence-corrected chi connectivity index (χ2v) is 11.3. The normalized spacial score (nSPS) is 11.1. The molecular formula is C26H27ClN2O6S2. The zero-order valence-electron chi connectivity index (χ0n) is 20.8. The van der Waals surface area contributed by atoms with Gasteiger partial charge in [-0.05, 0) is 68.8 Å². The van der Waals surface area contributed by atoms with Crippen LogP contribution in [0.15, 0.2) is 60.0 Å². The van der Waals surface area contributed by atoms with Gasteiger partial charge >= 0.3 is 5.97 Å². The van der Waals surface area contributed by atoms with E-state index in [4.69, 9.17) is 21.1 Å². The first kappa shape index (κ1) is 28.2. The lowest BCUT2D eigenvalue weighted by atomic mass is 10.1. The maximum Gasteiger partial charge on any atom is 0.341 e. The molecule has 2 aromatic carbocycles. The van der Waals surface area contributed by atoms with Gasteiger partial charge < -0.3 is 14.8 Å². The molecule has 11 heteroatoms. The third-order valence-corrected chi connectivity index (χ3v) is 8.76. The van der Waals surface area contributed by atoms with Crippen LogP contribution < -0.4 is 14.4 Å². The van der Waals surface area contributed by atoms with E-state index in [-0.39, 0.29) is 34.2 Å². The number of carbonyl (C=O) groups excluding carboxylic acids is 2. The number of amides is 1. The number of ether oxygens (including phenoxy) is 2. The second kappa shape index (κ2) is 11.8. The van der Waals surface area contributed by atoms with Gasteiger partial charge in [0, 0.05) is 4.88 Å². The molecule has 0 aliphatic carbocycles.